The van der Waals surface area contributed by atoms with E-state index in [0.29, 0.717) is 25.3 Å². The van der Waals surface area contributed by atoms with E-state index in [9.17, 15) is 4.79 Å². The Morgan fingerprint density at radius 2 is 1.96 bits per heavy atom. The Labute approximate surface area is 142 Å². The predicted molar refractivity (Wildman–Crippen MR) is 89.8 cm³/mol. The topological polar surface area (TPSA) is 67.4 Å². The molecular weight excluding hydrogens is 306 g/mol. The lowest BCUT2D eigenvalue weighted by Gasteiger charge is -2.33. The number of hydrogen-bond donors (Lipinski definition) is 0. The molecule has 130 valence electrons. The number of nitrogens with zero attached hydrogens (tertiary/aromatic N) is 5. The number of aromatic nitrogens is 3. The molecule has 0 saturated carbocycles. The van der Waals surface area contributed by atoms with Crippen molar-refractivity contribution in [3.8, 4) is 0 Å². The predicted octanol–water partition coefficient (Wildman–Crippen LogP) is 2.03. The summed E-state index contributed by atoms with van der Waals surface area (Å²) in [6.45, 7) is 11.7. The highest BCUT2D eigenvalue weighted by molar-refractivity contribution is 5.92. The largest absolute Gasteiger partial charge is 0.444 e. The summed E-state index contributed by atoms with van der Waals surface area (Å²) in [6, 6.07) is 2.06. The highest BCUT2D eigenvalue weighted by Gasteiger charge is 2.24. The van der Waals surface area contributed by atoms with Crippen LogP contribution in [-0.4, -0.2) is 56.7 Å². The van der Waals surface area contributed by atoms with Crippen LogP contribution >= 0.6 is 0 Å². The summed E-state index contributed by atoms with van der Waals surface area (Å²) in [5.41, 5.74) is 1.47. The lowest BCUT2D eigenvalue weighted by molar-refractivity contribution is 0.0611. The van der Waals surface area contributed by atoms with Gasteiger partial charge in [-0.25, -0.2) is 4.98 Å². The van der Waals surface area contributed by atoms with Crippen LogP contribution in [0.3, 0.4) is 0 Å². The van der Waals surface area contributed by atoms with Crippen LogP contribution < -0.4 is 0 Å². The van der Waals surface area contributed by atoms with E-state index in [4.69, 9.17) is 4.42 Å². The van der Waals surface area contributed by atoms with Gasteiger partial charge in [0.15, 0.2) is 0 Å². The van der Waals surface area contributed by atoms with E-state index in [0.717, 1.165) is 30.4 Å². The molecule has 1 amide bonds. The number of carbonyl (C=O) groups excluding carboxylic acids is 1. The molecule has 1 saturated heterocycles. The first-order valence-electron chi connectivity index (χ1n) is 8.43. The zero-order valence-corrected chi connectivity index (χ0v) is 14.8. The molecule has 0 aromatic carbocycles. The monoisotopic (exact) mass is 331 g/mol. The number of hydrogen-bond acceptors (Lipinski definition) is 5. The van der Waals surface area contributed by atoms with Gasteiger partial charge in [0.1, 0.15) is 11.5 Å². The van der Waals surface area contributed by atoms with Crippen molar-refractivity contribution in [1.29, 1.82) is 0 Å². The van der Waals surface area contributed by atoms with Gasteiger partial charge in [0, 0.05) is 38.4 Å². The van der Waals surface area contributed by atoms with Gasteiger partial charge in [-0.1, -0.05) is 0 Å². The SMILES string of the molecule is Cc1nc(CN2CCN(C(=O)c3ccn(C(C)C)n3)CC2)oc1C. The third kappa shape index (κ3) is 3.51. The molecule has 1 fully saturated rings. The number of carbonyl (C=O) groups is 1. The van der Waals surface area contributed by atoms with Crippen LogP contribution in [0.25, 0.3) is 0 Å². The van der Waals surface area contributed by atoms with Gasteiger partial charge >= 0.3 is 0 Å². The number of aryl methyl sites for hydroxylation is 2. The van der Waals surface area contributed by atoms with Crippen molar-refractivity contribution in [3.05, 3.63) is 35.3 Å². The van der Waals surface area contributed by atoms with Gasteiger partial charge in [-0.2, -0.15) is 5.10 Å². The minimum Gasteiger partial charge on any atom is -0.444 e. The second-order valence-corrected chi connectivity index (χ2v) is 6.59. The minimum atomic E-state index is 0.0110. The smallest absolute Gasteiger partial charge is 0.274 e. The van der Waals surface area contributed by atoms with Crippen LogP contribution in [0.1, 0.15) is 47.7 Å². The molecule has 0 N–H and O–H groups in total. The molecule has 3 rings (SSSR count). The highest BCUT2D eigenvalue weighted by Crippen LogP contribution is 2.14. The van der Waals surface area contributed by atoms with Gasteiger partial charge < -0.3 is 9.32 Å². The molecule has 2 aromatic heterocycles. The van der Waals surface area contributed by atoms with Crippen molar-refractivity contribution in [2.75, 3.05) is 26.2 Å². The quantitative estimate of drug-likeness (QED) is 0.857. The van der Waals surface area contributed by atoms with E-state index >= 15 is 0 Å². The number of piperazine rings is 1. The summed E-state index contributed by atoms with van der Waals surface area (Å²) in [6.07, 6.45) is 1.86. The average molecular weight is 331 g/mol. The molecule has 0 bridgehead atoms. The molecule has 7 heteroatoms. The number of oxazole rings is 1. The molecule has 0 spiro atoms. The van der Waals surface area contributed by atoms with Crippen molar-refractivity contribution >= 4 is 5.91 Å². The normalized spacial score (nSPS) is 16.1. The first-order valence-corrected chi connectivity index (χ1v) is 8.43. The maximum absolute atomic E-state index is 12.5. The van der Waals surface area contributed by atoms with Gasteiger partial charge in [0.25, 0.3) is 5.91 Å². The maximum Gasteiger partial charge on any atom is 0.274 e. The first kappa shape index (κ1) is 16.7. The summed E-state index contributed by atoms with van der Waals surface area (Å²) < 4.78 is 7.46. The molecule has 0 atom stereocenters. The minimum absolute atomic E-state index is 0.0110. The van der Waals surface area contributed by atoms with Crippen LogP contribution in [-0.2, 0) is 6.54 Å². The third-order valence-corrected chi connectivity index (χ3v) is 4.45. The van der Waals surface area contributed by atoms with Crippen molar-refractivity contribution in [3.63, 3.8) is 0 Å². The van der Waals surface area contributed by atoms with Gasteiger partial charge in [-0.15, -0.1) is 0 Å². The second-order valence-electron chi connectivity index (χ2n) is 6.59. The van der Waals surface area contributed by atoms with Gasteiger partial charge in [-0.3, -0.25) is 14.4 Å². The molecule has 1 aliphatic rings. The summed E-state index contributed by atoms with van der Waals surface area (Å²) in [5.74, 6) is 1.64. The standard InChI is InChI=1S/C17H25N5O2/c1-12(2)22-6-5-15(19-22)17(23)21-9-7-20(8-10-21)11-16-18-13(3)14(4)24-16/h5-6,12H,7-11H2,1-4H3. The molecule has 0 radical (unpaired) electrons. The van der Waals surface area contributed by atoms with Gasteiger partial charge in [0.05, 0.1) is 12.2 Å². The van der Waals surface area contributed by atoms with E-state index < -0.39 is 0 Å². The Balaban J connectivity index is 1.55. The van der Waals surface area contributed by atoms with Gasteiger partial charge in [-0.05, 0) is 33.8 Å². The van der Waals surface area contributed by atoms with Crippen LogP contribution in [0.5, 0.6) is 0 Å². The molecule has 1 aliphatic heterocycles. The zero-order valence-electron chi connectivity index (χ0n) is 14.8. The van der Waals surface area contributed by atoms with Crippen molar-refractivity contribution in [1.82, 2.24) is 24.6 Å². The number of rotatable bonds is 4. The first-order chi connectivity index (χ1) is 11.4. The van der Waals surface area contributed by atoms with Crippen molar-refractivity contribution < 1.29 is 9.21 Å². The zero-order chi connectivity index (χ0) is 17.3. The highest BCUT2D eigenvalue weighted by atomic mass is 16.4. The molecule has 3 heterocycles. The Bertz CT molecular complexity index is 691. The number of amides is 1. The Morgan fingerprint density at radius 1 is 1.25 bits per heavy atom. The van der Waals surface area contributed by atoms with E-state index in [2.05, 4.69) is 15.0 Å². The lowest BCUT2D eigenvalue weighted by atomic mass is 10.2. The van der Waals surface area contributed by atoms with Crippen LogP contribution in [0.15, 0.2) is 16.7 Å². The molecule has 0 unspecified atom stereocenters. The Kier molecular flexibility index (Phi) is 4.71. The fraction of sp³-hybridized carbons (Fsp3) is 0.588. The average Bonchev–Trinajstić information content (AvgIpc) is 3.15. The summed E-state index contributed by atoms with van der Waals surface area (Å²) in [5, 5.41) is 4.37. The third-order valence-electron chi connectivity index (χ3n) is 4.45. The summed E-state index contributed by atoms with van der Waals surface area (Å²) in [7, 11) is 0. The Morgan fingerprint density at radius 3 is 2.50 bits per heavy atom. The molecular formula is C17H25N5O2. The van der Waals surface area contributed by atoms with E-state index in [1.807, 2.05) is 43.5 Å². The fourth-order valence-corrected chi connectivity index (χ4v) is 2.81. The van der Waals surface area contributed by atoms with Crippen LogP contribution in [0.4, 0.5) is 0 Å². The van der Waals surface area contributed by atoms with E-state index in [1.54, 1.807) is 6.07 Å². The molecule has 0 aliphatic carbocycles. The Hall–Kier alpha value is -2.15. The lowest BCUT2D eigenvalue weighted by Crippen LogP contribution is -2.48. The van der Waals surface area contributed by atoms with Crippen LogP contribution in [0, 0.1) is 13.8 Å². The van der Waals surface area contributed by atoms with Gasteiger partial charge in [0.2, 0.25) is 5.89 Å². The molecule has 24 heavy (non-hydrogen) atoms. The second kappa shape index (κ2) is 6.76. The summed E-state index contributed by atoms with van der Waals surface area (Å²) >= 11 is 0. The molecule has 2 aromatic rings. The molecule has 7 nitrogen and oxygen atoms in total. The fourth-order valence-electron chi connectivity index (χ4n) is 2.81. The van der Waals surface area contributed by atoms with E-state index in [1.165, 1.54) is 0 Å². The van der Waals surface area contributed by atoms with Crippen LogP contribution in [0.2, 0.25) is 0 Å². The van der Waals surface area contributed by atoms with Crippen molar-refractivity contribution in [2.24, 2.45) is 0 Å². The summed E-state index contributed by atoms with van der Waals surface area (Å²) in [4.78, 5) is 21.1. The maximum atomic E-state index is 12.5. The van der Waals surface area contributed by atoms with Crippen molar-refractivity contribution in [2.45, 2.75) is 40.3 Å². The van der Waals surface area contributed by atoms with E-state index in [-0.39, 0.29) is 11.9 Å².